The van der Waals surface area contributed by atoms with Crippen molar-refractivity contribution in [2.24, 2.45) is 0 Å². The summed E-state index contributed by atoms with van der Waals surface area (Å²) in [6.45, 7) is 0.625. The number of carboxylic acids is 1. The highest BCUT2D eigenvalue weighted by molar-refractivity contribution is 6.03. The molecule has 0 atom stereocenters. The van der Waals surface area contributed by atoms with Crippen LogP contribution in [0, 0.1) is 0 Å². The number of rotatable bonds is 3. The molecular weight excluding hydrogens is 431 g/mol. The zero-order chi connectivity index (χ0) is 23.3. The maximum Gasteiger partial charge on any atom is 0.490 e. The molecule has 0 unspecified atom stereocenters. The van der Waals surface area contributed by atoms with Crippen LogP contribution < -0.4 is 10.6 Å². The van der Waals surface area contributed by atoms with Gasteiger partial charge in [-0.05, 0) is 30.3 Å². The molecule has 0 aromatic carbocycles. The minimum absolute atomic E-state index is 0.0778. The van der Waals surface area contributed by atoms with E-state index in [2.05, 4.69) is 25.6 Å². The van der Waals surface area contributed by atoms with E-state index in [1.54, 1.807) is 48.8 Å². The summed E-state index contributed by atoms with van der Waals surface area (Å²) >= 11 is 0. The van der Waals surface area contributed by atoms with Gasteiger partial charge in [-0.15, -0.1) is 0 Å². The van der Waals surface area contributed by atoms with Crippen molar-refractivity contribution in [1.82, 2.24) is 20.3 Å². The highest BCUT2D eigenvalue weighted by Gasteiger charge is 2.38. The number of hydrogen-bond acceptors (Lipinski definition) is 5. The lowest BCUT2D eigenvalue weighted by atomic mass is 10.1. The Labute approximate surface area is 178 Å². The molecular formula is C20H16F3N5O4. The first-order chi connectivity index (χ1) is 15.1. The van der Waals surface area contributed by atoms with Crippen molar-refractivity contribution in [2.45, 2.75) is 12.6 Å². The number of aromatic nitrogens is 3. The van der Waals surface area contributed by atoms with Gasteiger partial charge in [-0.3, -0.25) is 14.6 Å². The number of anilines is 1. The predicted octanol–water partition coefficient (Wildman–Crippen LogP) is 2.64. The number of pyridine rings is 2. The fourth-order valence-corrected chi connectivity index (χ4v) is 2.79. The molecule has 3 aromatic rings. The van der Waals surface area contributed by atoms with Crippen molar-refractivity contribution in [1.29, 1.82) is 0 Å². The molecule has 1 aliphatic rings. The molecule has 0 saturated carbocycles. The smallest absolute Gasteiger partial charge is 0.475 e. The fourth-order valence-electron chi connectivity index (χ4n) is 2.79. The van der Waals surface area contributed by atoms with Gasteiger partial charge in [-0.25, -0.2) is 9.78 Å². The summed E-state index contributed by atoms with van der Waals surface area (Å²) in [5, 5.41) is 12.6. The van der Waals surface area contributed by atoms with Crippen molar-refractivity contribution in [3.63, 3.8) is 0 Å². The molecule has 4 rings (SSSR count). The molecule has 4 heterocycles. The second kappa shape index (κ2) is 9.29. The van der Waals surface area contributed by atoms with Gasteiger partial charge in [0.2, 0.25) is 0 Å². The van der Waals surface area contributed by atoms with E-state index in [9.17, 15) is 22.8 Å². The molecule has 0 bridgehead atoms. The lowest BCUT2D eigenvalue weighted by Crippen LogP contribution is -2.31. The number of amides is 2. The molecule has 12 heteroatoms. The lowest BCUT2D eigenvalue weighted by Gasteiger charge is -2.10. The van der Waals surface area contributed by atoms with Gasteiger partial charge in [-0.1, -0.05) is 6.07 Å². The summed E-state index contributed by atoms with van der Waals surface area (Å²) in [6, 6.07) is 10.6. The molecule has 32 heavy (non-hydrogen) atoms. The standard InChI is InChI=1S/C18H15N5O2.C2HF3O2/c24-17-12-10-14(22-13(12)5-8-21-17)11-4-7-19-15(9-11)18(25)23-16-3-1-2-6-20-16;3-2(4,5)1(6)7/h1-4,6-7,9-10,22H,5,8H2,(H,21,24)(H,20,23,25);(H,6,7). The van der Waals surface area contributed by atoms with Crippen LogP contribution in [-0.2, 0) is 11.2 Å². The number of aliphatic carboxylic acids is 1. The molecule has 0 radical (unpaired) electrons. The predicted molar refractivity (Wildman–Crippen MR) is 106 cm³/mol. The highest BCUT2D eigenvalue weighted by atomic mass is 19.4. The molecule has 9 nitrogen and oxygen atoms in total. The number of fused-ring (bicyclic) bond motifs is 1. The number of carboxylic acid groups (broad SMARTS) is 1. The summed E-state index contributed by atoms with van der Waals surface area (Å²) in [4.78, 5) is 44.6. The van der Waals surface area contributed by atoms with Crippen LogP contribution in [-0.4, -0.2) is 50.6 Å². The first-order valence-electron chi connectivity index (χ1n) is 9.14. The van der Waals surface area contributed by atoms with Gasteiger partial charge in [0, 0.05) is 42.3 Å². The van der Waals surface area contributed by atoms with E-state index in [0.717, 1.165) is 23.4 Å². The van der Waals surface area contributed by atoms with Gasteiger partial charge in [0.05, 0.1) is 5.56 Å². The second-order valence-electron chi connectivity index (χ2n) is 6.48. The Bertz CT molecular complexity index is 1150. The molecule has 0 fully saturated rings. The molecule has 1 aliphatic heterocycles. The van der Waals surface area contributed by atoms with Crippen LogP contribution in [0.5, 0.6) is 0 Å². The third kappa shape index (κ3) is 5.47. The van der Waals surface area contributed by atoms with Crippen LogP contribution in [0.15, 0.2) is 48.8 Å². The number of aromatic amines is 1. The van der Waals surface area contributed by atoms with E-state index in [1.165, 1.54) is 0 Å². The summed E-state index contributed by atoms with van der Waals surface area (Å²) in [5.74, 6) is -2.71. The van der Waals surface area contributed by atoms with Gasteiger partial charge < -0.3 is 20.7 Å². The average Bonchev–Trinajstić information content (AvgIpc) is 3.20. The third-order valence-electron chi connectivity index (χ3n) is 4.26. The Kier molecular flexibility index (Phi) is 6.52. The zero-order valence-corrected chi connectivity index (χ0v) is 16.2. The topological polar surface area (TPSA) is 137 Å². The van der Waals surface area contributed by atoms with Crippen LogP contribution in [0.4, 0.5) is 19.0 Å². The minimum atomic E-state index is -5.08. The van der Waals surface area contributed by atoms with Gasteiger partial charge in [0.1, 0.15) is 11.5 Å². The van der Waals surface area contributed by atoms with Crippen LogP contribution in [0.1, 0.15) is 26.5 Å². The molecule has 4 N–H and O–H groups in total. The molecule has 0 saturated heterocycles. The monoisotopic (exact) mass is 447 g/mol. The number of nitrogens with zero attached hydrogens (tertiary/aromatic N) is 2. The second-order valence-corrected chi connectivity index (χ2v) is 6.48. The fraction of sp³-hybridized carbons (Fsp3) is 0.150. The number of carbonyl (C=O) groups is 3. The van der Waals surface area contributed by atoms with Crippen molar-refractivity contribution in [3.05, 3.63) is 65.7 Å². The van der Waals surface area contributed by atoms with E-state index in [0.29, 0.717) is 17.9 Å². The Morgan fingerprint density at radius 3 is 2.47 bits per heavy atom. The van der Waals surface area contributed by atoms with Crippen molar-refractivity contribution >= 4 is 23.6 Å². The average molecular weight is 447 g/mol. The van der Waals surface area contributed by atoms with Gasteiger partial charge in [-0.2, -0.15) is 13.2 Å². The SMILES string of the molecule is O=C(Nc1ccccn1)c1cc(-c2cc3c([nH]2)CCNC3=O)ccn1.O=C(O)C(F)(F)F. The van der Waals surface area contributed by atoms with Gasteiger partial charge in [0.15, 0.2) is 0 Å². The number of alkyl halides is 3. The Hall–Kier alpha value is -4.22. The van der Waals surface area contributed by atoms with E-state index in [-0.39, 0.29) is 17.5 Å². The number of carbonyl (C=O) groups excluding carboxylic acids is 2. The number of hydrogen-bond donors (Lipinski definition) is 4. The molecule has 166 valence electrons. The van der Waals surface area contributed by atoms with E-state index >= 15 is 0 Å². The number of H-pyrrole nitrogens is 1. The van der Waals surface area contributed by atoms with Gasteiger partial charge >= 0.3 is 12.1 Å². The van der Waals surface area contributed by atoms with E-state index in [4.69, 9.17) is 9.90 Å². The molecule has 0 aliphatic carbocycles. The van der Waals surface area contributed by atoms with E-state index in [1.807, 2.05) is 0 Å². The van der Waals surface area contributed by atoms with Crippen molar-refractivity contribution in [2.75, 3.05) is 11.9 Å². The van der Waals surface area contributed by atoms with Gasteiger partial charge in [0.25, 0.3) is 11.8 Å². The third-order valence-corrected chi connectivity index (χ3v) is 4.26. The minimum Gasteiger partial charge on any atom is -0.475 e. The maximum atomic E-state index is 12.4. The van der Waals surface area contributed by atoms with Crippen LogP contribution in [0.2, 0.25) is 0 Å². The summed E-state index contributed by atoms with van der Waals surface area (Å²) < 4.78 is 31.7. The molecule has 2 amide bonds. The van der Waals surface area contributed by atoms with Crippen LogP contribution in [0.25, 0.3) is 11.3 Å². The number of nitrogens with one attached hydrogen (secondary N) is 3. The van der Waals surface area contributed by atoms with Crippen molar-refractivity contribution in [3.8, 4) is 11.3 Å². The van der Waals surface area contributed by atoms with E-state index < -0.39 is 12.1 Å². The zero-order valence-electron chi connectivity index (χ0n) is 16.2. The Morgan fingerprint density at radius 2 is 1.84 bits per heavy atom. The van der Waals surface area contributed by atoms with Crippen LogP contribution in [0.3, 0.4) is 0 Å². The molecule has 3 aromatic heterocycles. The quantitative estimate of drug-likeness (QED) is 0.487. The summed E-state index contributed by atoms with van der Waals surface area (Å²) in [5.41, 5.74) is 3.42. The largest absolute Gasteiger partial charge is 0.490 e. The Balaban J connectivity index is 0.000000360. The first-order valence-corrected chi connectivity index (χ1v) is 9.14. The summed E-state index contributed by atoms with van der Waals surface area (Å²) in [7, 11) is 0. The first kappa shape index (κ1) is 22.5. The molecule has 0 spiro atoms. The normalized spacial score (nSPS) is 12.7. The lowest BCUT2D eigenvalue weighted by molar-refractivity contribution is -0.192. The Morgan fingerprint density at radius 1 is 1.09 bits per heavy atom. The van der Waals surface area contributed by atoms with Crippen molar-refractivity contribution < 1.29 is 32.7 Å². The highest BCUT2D eigenvalue weighted by Crippen LogP contribution is 2.24. The van der Waals surface area contributed by atoms with Crippen LogP contribution >= 0.6 is 0 Å². The maximum absolute atomic E-state index is 12.4. The summed E-state index contributed by atoms with van der Waals surface area (Å²) in [6.07, 6.45) is -1.14. The number of halogens is 3.